The highest BCUT2D eigenvalue weighted by Gasteiger charge is 2.20. The molecule has 0 aliphatic rings. The Kier molecular flexibility index (Phi) is 7.07. The molecule has 0 saturated carbocycles. The molecule has 10 heteroatoms. The number of hydrogen-bond donors (Lipinski definition) is 1. The molecule has 10 nitrogen and oxygen atoms in total. The predicted octanol–water partition coefficient (Wildman–Crippen LogP) is 3.38. The van der Waals surface area contributed by atoms with Crippen molar-refractivity contribution in [1.82, 2.24) is 9.78 Å². The molecule has 3 rings (SSSR count). The Bertz CT molecular complexity index is 1160. The van der Waals surface area contributed by atoms with Gasteiger partial charge in [0, 0.05) is 18.1 Å². The van der Waals surface area contributed by atoms with Gasteiger partial charge in [0.05, 0.1) is 39.8 Å². The van der Waals surface area contributed by atoms with Crippen molar-refractivity contribution < 1.29 is 38.4 Å². The molecular weight excluding hydrogens is 432 g/mol. The van der Waals surface area contributed by atoms with Crippen molar-refractivity contribution in [2.75, 3.05) is 35.0 Å². The summed E-state index contributed by atoms with van der Waals surface area (Å²) in [5, 5.41) is 13.4. The number of carboxylic acids is 1. The lowest BCUT2D eigenvalue weighted by atomic mass is 10.1. The Labute approximate surface area is 190 Å². The van der Waals surface area contributed by atoms with E-state index in [2.05, 4.69) is 5.10 Å². The van der Waals surface area contributed by atoms with E-state index in [0.29, 0.717) is 45.5 Å². The van der Waals surface area contributed by atoms with Crippen molar-refractivity contribution in [2.45, 2.75) is 6.92 Å². The van der Waals surface area contributed by atoms with E-state index in [-0.39, 0.29) is 11.7 Å². The van der Waals surface area contributed by atoms with Gasteiger partial charge >= 0.3 is 5.97 Å². The second-order valence-electron chi connectivity index (χ2n) is 6.81. The lowest BCUT2D eigenvalue weighted by Crippen LogP contribution is -2.11. The number of benzene rings is 2. The lowest BCUT2D eigenvalue weighted by Gasteiger charge is -2.13. The highest BCUT2D eigenvalue weighted by atomic mass is 16.5. The van der Waals surface area contributed by atoms with Gasteiger partial charge in [0.2, 0.25) is 11.7 Å². The zero-order valence-electron chi connectivity index (χ0n) is 18.9. The first kappa shape index (κ1) is 23.5. The number of ether oxygens (including phenoxy) is 5. The van der Waals surface area contributed by atoms with Crippen LogP contribution < -0.4 is 23.7 Å². The highest BCUT2D eigenvalue weighted by molar-refractivity contribution is 5.84. The highest BCUT2D eigenvalue weighted by Crippen LogP contribution is 2.42. The summed E-state index contributed by atoms with van der Waals surface area (Å²) < 4.78 is 28.0. The first-order chi connectivity index (χ1) is 15.8. The molecule has 2 aromatic carbocycles. The number of hydrogen-bond acceptors (Lipinski definition) is 8. The Hall–Kier alpha value is -4.21. The summed E-state index contributed by atoms with van der Waals surface area (Å²) in [4.78, 5) is 23.3. The molecular formula is C23H24N2O8. The first-order valence-corrected chi connectivity index (χ1v) is 9.77. The molecule has 0 unspecified atom stereocenters. The van der Waals surface area contributed by atoms with Gasteiger partial charge < -0.3 is 28.8 Å². The van der Waals surface area contributed by atoms with E-state index in [1.165, 1.54) is 40.0 Å². The molecule has 0 spiro atoms. The zero-order valence-corrected chi connectivity index (χ0v) is 18.9. The SMILES string of the molecule is COc1ccc(-c2cc(-c3cc(OC)c(OC)c(OC)c3)nn2C(C)=O)cc1OCC(=O)O. The van der Waals surface area contributed by atoms with Crippen LogP contribution in [0.1, 0.15) is 11.7 Å². The number of aromatic nitrogens is 2. The smallest absolute Gasteiger partial charge is 0.341 e. The van der Waals surface area contributed by atoms with Crippen molar-refractivity contribution >= 4 is 11.9 Å². The number of nitrogens with zero attached hydrogens (tertiary/aromatic N) is 2. The lowest BCUT2D eigenvalue weighted by molar-refractivity contribution is -0.139. The molecule has 0 bridgehead atoms. The van der Waals surface area contributed by atoms with Gasteiger partial charge in [-0.25, -0.2) is 4.79 Å². The summed E-state index contributed by atoms with van der Waals surface area (Å²) in [5.74, 6) is 0.472. The normalized spacial score (nSPS) is 10.5. The molecule has 0 fully saturated rings. The molecule has 1 N–H and O–H groups in total. The van der Waals surface area contributed by atoms with E-state index >= 15 is 0 Å². The number of carboxylic acid groups (broad SMARTS) is 1. The molecule has 0 aliphatic carbocycles. The van der Waals surface area contributed by atoms with Gasteiger partial charge in [-0.05, 0) is 36.4 Å². The third-order valence-electron chi connectivity index (χ3n) is 4.78. The van der Waals surface area contributed by atoms with Gasteiger partial charge in [-0.1, -0.05) is 0 Å². The van der Waals surface area contributed by atoms with Crippen molar-refractivity contribution in [3.63, 3.8) is 0 Å². The minimum absolute atomic E-state index is 0.225. The summed E-state index contributed by atoms with van der Waals surface area (Å²) in [6.07, 6.45) is 0. The van der Waals surface area contributed by atoms with E-state index in [9.17, 15) is 9.59 Å². The third kappa shape index (κ3) is 4.84. The number of carbonyl (C=O) groups is 2. The molecule has 0 saturated heterocycles. The van der Waals surface area contributed by atoms with Crippen molar-refractivity contribution in [3.05, 3.63) is 36.4 Å². The zero-order chi connectivity index (χ0) is 24.1. The second kappa shape index (κ2) is 9.94. The molecule has 1 heterocycles. The van der Waals surface area contributed by atoms with Crippen LogP contribution in [0.5, 0.6) is 28.7 Å². The van der Waals surface area contributed by atoms with E-state index < -0.39 is 12.6 Å². The van der Waals surface area contributed by atoms with Crippen LogP contribution in [0.15, 0.2) is 36.4 Å². The molecule has 33 heavy (non-hydrogen) atoms. The number of aliphatic carboxylic acids is 1. The summed E-state index contributed by atoms with van der Waals surface area (Å²) >= 11 is 0. The fourth-order valence-corrected chi connectivity index (χ4v) is 3.29. The topological polar surface area (TPSA) is 118 Å². The van der Waals surface area contributed by atoms with Crippen LogP contribution in [0.2, 0.25) is 0 Å². The minimum atomic E-state index is -1.12. The maximum absolute atomic E-state index is 12.4. The fraction of sp³-hybridized carbons (Fsp3) is 0.261. The number of methoxy groups -OCH3 is 4. The molecule has 0 radical (unpaired) electrons. The minimum Gasteiger partial charge on any atom is -0.493 e. The molecule has 0 aliphatic heterocycles. The summed E-state index contributed by atoms with van der Waals surface area (Å²) in [6.45, 7) is 0.850. The van der Waals surface area contributed by atoms with Crippen molar-refractivity contribution in [2.24, 2.45) is 0 Å². The van der Waals surface area contributed by atoms with E-state index in [1.54, 1.807) is 36.4 Å². The van der Waals surface area contributed by atoms with Gasteiger partial charge in [0.25, 0.3) is 0 Å². The average Bonchev–Trinajstić information content (AvgIpc) is 3.27. The largest absolute Gasteiger partial charge is 0.493 e. The van der Waals surface area contributed by atoms with Crippen LogP contribution in [-0.4, -0.2) is 61.8 Å². The van der Waals surface area contributed by atoms with Gasteiger partial charge in [0.1, 0.15) is 0 Å². The quantitative estimate of drug-likeness (QED) is 0.517. The standard InChI is InChI=1S/C23H24N2O8/c1-13(26)25-17(14-6-7-18(29-2)19(8-14)33-12-22(27)28)11-16(24-25)15-9-20(30-3)23(32-5)21(10-15)31-4/h6-11H,12H2,1-5H3,(H,27,28). The maximum Gasteiger partial charge on any atom is 0.341 e. The summed E-state index contributed by atoms with van der Waals surface area (Å²) in [7, 11) is 5.98. The molecule has 3 aromatic rings. The van der Waals surface area contributed by atoms with Crippen LogP contribution in [0.4, 0.5) is 0 Å². The Morgan fingerprint density at radius 1 is 0.848 bits per heavy atom. The van der Waals surface area contributed by atoms with Crippen molar-refractivity contribution in [1.29, 1.82) is 0 Å². The Morgan fingerprint density at radius 3 is 1.97 bits per heavy atom. The van der Waals surface area contributed by atoms with E-state index in [4.69, 9.17) is 28.8 Å². The molecule has 0 atom stereocenters. The maximum atomic E-state index is 12.4. The van der Waals surface area contributed by atoms with Crippen LogP contribution in [0.3, 0.4) is 0 Å². The van der Waals surface area contributed by atoms with Crippen LogP contribution in [0.25, 0.3) is 22.5 Å². The van der Waals surface area contributed by atoms with Gasteiger partial charge in [-0.3, -0.25) is 4.79 Å². The summed E-state index contributed by atoms with van der Waals surface area (Å²) in [6, 6.07) is 10.1. The molecule has 174 valence electrons. The van der Waals surface area contributed by atoms with E-state index in [0.717, 1.165) is 0 Å². The van der Waals surface area contributed by atoms with Gasteiger partial charge in [-0.2, -0.15) is 9.78 Å². The second-order valence-corrected chi connectivity index (χ2v) is 6.81. The van der Waals surface area contributed by atoms with Crippen LogP contribution in [-0.2, 0) is 4.79 Å². The van der Waals surface area contributed by atoms with Gasteiger partial charge in [0.15, 0.2) is 29.6 Å². The monoisotopic (exact) mass is 456 g/mol. The molecule has 0 amide bonds. The molecule has 1 aromatic heterocycles. The fourth-order valence-electron chi connectivity index (χ4n) is 3.29. The Morgan fingerprint density at radius 2 is 1.45 bits per heavy atom. The third-order valence-corrected chi connectivity index (χ3v) is 4.78. The van der Waals surface area contributed by atoms with Crippen molar-refractivity contribution in [3.8, 4) is 51.3 Å². The number of carbonyl (C=O) groups excluding carboxylic acids is 1. The van der Waals surface area contributed by atoms with Gasteiger partial charge in [-0.15, -0.1) is 0 Å². The predicted molar refractivity (Wildman–Crippen MR) is 119 cm³/mol. The van der Waals surface area contributed by atoms with Crippen LogP contribution >= 0.6 is 0 Å². The van der Waals surface area contributed by atoms with E-state index in [1.807, 2.05) is 0 Å². The summed E-state index contributed by atoms with van der Waals surface area (Å²) in [5.41, 5.74) is 2.19. The van der Waals surface area contributed by atoms with Crippen LogP contribution in [0, 0.1) is 0 Å². The first-order valence-electron chi connectivity index (χ1n) is 9.77. The number of rotatable bonds is 9. The average molecular weight is 456 g/mol. The Balaban J connectivity index is 2.13.